The quantitative estimate of drug-likeness (QED) is 0.302. The first-order chi connectivity index (χ1) is 18.8. The highest BCUT2D eigenvalue weighted by molar-refractivity contribution is 7.89. The maximum atomic E-state index is 15.3. The number of hydrogen-bond acceptors (Lipinski definition) is 5. The normalized spacial score (nSPS) is 17.6. The summed E-state index contributed by atoms with van der Waals surface area (Å²) >= 11 is 12.7. The van der Waals surface area contributed by atoms with Crippen molar-refractivity contribution in [2.75, 3.05) is 26.0 Å². The Labute approximate surface area is 244 Å². The third-order valence-electron chi connectivity index (χ3n) is 7.42. The van der Waals surface area contributed by atoms with E-state index in [1.54, 1.807) is 13.0 Å². The molecule has 5 rings (SSSR count). The van der Waals surface area contributed by atoms with Gasteiger partial charge in [-0.3, -0.25) is 9.69 Å². The molecular formula is C30H31Cl2FN2O4S. The van der Waals surface area contributed by atoms with Crippen LogP contribution in [0, 0.1) is 18.2 Å². The molecule has 6 nitrogen and oxygen atoms in total. The molecule has 3 aromatic rings. The van der Waals surface area contributed by atoms with Crippen molar-refractivity contribution in [1.29, 1.82) is 0 Å². The molecule has 1 saturated carbocycles. The fraction of sp³-hybridized carbons (Fsp3) is 0.367. The highest BCUT2D eigenvalue weighted by Gasteiger charge is 2.44. The predicted octanol–water partition coefficient (Wildman–Crippen LogP) is 6.50. The largest absolute Gasteiger partial charge is 0.492 e. The van der Waals surface area contributed by atoms with Crippen molar-refractivity contribution in [2.45, 2.75) is 38.6 Å². The topological polar surface area (TPSA) is 75.7 Å². The lowest BCUT2D eigenvalue weighted by Crippen LogP contribution is -2.58. The van der Waals surface area contributed by atoms with Gasteiger partial charge in [-0.1, -0.05) is 60.5 Å². The molecular weight excluding hydrogens is 574 g/mol. The van der Waals surface area contributed by atoms with E-state index in [4.69, 9.17) is 27.9 Å². The standard InChI is InChI=1S/C30H31Cl2FN2O4S/c1-18-26(33)25(29(36)34-40(3,37)38)14-24(19-9-10-19)28(18)39-17-30(2)15-35(16-30)27(20-7-5-4-6-8-20)21-11-22(31)13-23(32)12-21/h4-8,11-14,19,27H,9-10,15-17H2,1-3H3,(H,34,36). The molecule has 3 aromatic carbocycles. The average molecular weight is 606 g/mol. The molecule has 1 atom stereocenters. The predicted molar refractivity (Wildman–Crippen MR) is 155 cm³/mol. The fourth-order valence-corrected chi connectivity index (χ4v) is 6.51. The zero-order chi connectivity index (χ0) is 28.8. The maximum absolute atomic E-state index is 15.3. The molecule has 1 heterocycles. The van der Waals surface area contributed by atoms with Crippen LogP contribution in [0.5, 0.6) is 5.75 Å². The van der Waals surface area contributed by atoms with Crippen molar-refractivity contribution < 1.29 is 22.3 Å². The van der Waals surface area contributed by atoms with Crippen molar-refractivity contribution in [3.8, 4) is 5.75 Å². The second-order valence-electron chi connectivity index (χ2n) is 11.3. The Morgan fingerprint density at radius 1 is 1.10 bits per heavy atom. The summed E-state index contributed by atoms with van der Waals surface area (Å²) in [6, 6.07) is 17.2. The SMILES string of the molecule is Cc1c(F)c(C(=O)NS(C)(=O)=O)cc(C2CC2)c1OCC1(C)CN(C(c2ccccc2)c2cc(Cl)cc(Cl)c2)C1. The summed E-state index contributed by atoms with van der Waals surface area (Å²) in [4.78, 5) is 14.8. The smallest absolute Gasteiger partial charge is 0.267 e. The second kappa shape index (κ2) is 11.0. The van der Waals surface area contributed by atoms with E-state index in [-0.39, 0.29) is 28.5 Å². The fourth-order valence-electron chi connectivity index (χ4n) is 5.52. The van der Waals surface area contributed by atoms with Crippen LogP contribution in [0.15, 0.2) is 54.6 Å². The number of rotatable bonds is 9. The lowest BCUT2D eigenvalue weighted by Gasteiger charge is -2.51. The van der Waals surface area contributed by atoms with Crippen molar-refractivity contribution in [3.05, 3.63) is 98.3 Å². The number of nitrogens with one attached hydrogen (secondary N) is 1. The van der Waals surface area contributed by atoms with Gasteiger partial charge >= 0.3 is 0 Å². The van der Waals surface area contributed by atoms with E-state index < -0.39 is 21.7 Å². The molecule has 2 fully saturated rings. The van der Waals surface area contributed by atoms with Gasteiger partial charge < -0.3 is 4.74 Å². The Balaban J connectivity index is 1.36. The van der Waals surface area contributed by atoms with Crippen LogP contribution >= 0.6 is 23.2 Å². The highest BCUT2D eigenvalue weighted by atomic mass is 35.5. The monoisotopic (exact) mass is 604 g/mol. The molecule has 1 aliphatic carbocycles. The van der Waals surface area contributed by atoms with E-state index in [2.05, 4.69) is 24.0 Å². The zero-order valence-corrected chi connectivity index (χ0v) is 24.8. The molecule has 1 unspecified atom stereocenters. The first kappa shape index (κ1) is 28.9. The van der Waals surface area contributed by atoms with Gasteiger partial charge in [-0.2, -0.15) is 0 Å². The minimum absolute atomic E-state index is 0.0423. The van der Waals surface area contributed by atoms with E-state index in [0.717, 1.165) is 48.9 Å². The highest BCUT2D eigenvalue weighted by Crippen LogP contribution is 2.48. The number of amides is 1. The van der Waals surface area contributed by atoms with Crippen LogP contribution in [0.25, 0.3) is 0 Å². The van der Waals surface area contributed by atoms with E-state index >= 15 is 4.39 Å². The molecule has 2 aliphatic rings. The molecule has 0 aromatic heterocycles. The van der Waals surface area contributed by atoms with Crippen LogP contribution in [0.3, 0.4) is 0 Å². The summed E-state index contributed by atoms with van der Waals surface area (Å²) in [5.41, 5.74) is 2.59. The van der Waals surface area contributed by atoms with Gasteiger partial charge in [0.1, 0.15) is 11.6 Å². The lowest BCUT2D eigenvalue weighted by atomic mass is 9.79. The summed E-state index contributed by atoms with van der Waals surface area (Å²) in [6.07, 6.45) is 2.67. The summed E-state index contributed by atoms with van der Waals surface area (Å²) in [5, 5.41) is 1.16. The zero-order valence-electron chi connectivity index (χ0n) is 22.5. The molecule has 212 valence electrons. The molecule has 0 spiro atoms. The molecule has 0 bridgehead atoms. The third kappa shape index (κ3) is 6.30. The minimum atomic E-state index is -3.83. The van der Waals surface area contributed by atoms with Crippen LogP contribution in [0.2, 0.25) is 10.0 Å². The van der Waals surface area contributed by atoms with Crippen LogP contribution in [0.1, 0.15) is 64.3 Å². The number of ether oxygens (including phenoxy) is 1. The Hall–Kier alpha value is -2.65. The molecule has 10 heteroatoms. The van der Waals surface area contributed by atoms with Gasteiger partial charge in [-0.25, -0.2) is 17.5 Å². The Kier molecular flexibility index (Phi) is 7.92. The minimum Gasteiger partial charge on any atom is -0.492 e. The average Bonchev–Trinajstić information content (AvgIpc) is 3.68. The lowest BCUT2D eigenvalue weighted by molar-refractivity contribution is -0.0380. The summed E-state index contributed by atoms with van der Waals surface area (Å²) in [7, 11) is -3.83. The van der Waals surface area contributed by atoms with Gasteiger partial charge in [0.15, 0.2) is 0 Å². The van der Waals surface area contributed by atoms with Crippen molar-refractivity contribution in [3.63, 3.8) is 0 Å². The van der Waals surface area contributed by atoms with Crippen LogP contribution in [0.4, 0.5) is 4.39 Å². The van der Waals surface area contributed by atoms with Crippen LogP contribution < -0.4 is 9.46 Å². The molecule has 40 heavy (non-hydrogen) atoms. The van der Waals surface area contributed by atoms with Gasteiger partial charge in [0.25, 0.3) is 5.91 Å². The molecule has 1 aliphatic heterocycles. The molecule has 1 saturated heterocycles. The number of halogens is 3. The number of carbonyl (C=O) groups excluding carboxylic acids is 1. The number of benzene rings is 3. The summed E-state index contributed by atoms with van der Waals surface area (Å²) in [6.45, 7) is 5.51. The Morgan fingerprint density at radius 3 is 2.30 bits per heavy atom. The summed E-state index contributed by atoms with van der Waals surface area (Å²) in [5.74, 6) is -1.16. The van der Waals surface area contributed by atoms with Gasteiger partial charge in [0, 0.05) is 34.1 Å². The van der Waals surface area contributed by atoms with Crippen molar-refractivity contribution >= 4 is 39.1 Å². The first-order valence-corrected chi connectivity index (χ1v) is 15.7. The number of likely N-dealkylation sites (tertiary alicyclic amines) is 1. The number of sulfonamides is 1. The van der Waals surface area contributed by atoms with Gasteiger partial charge in [0.2, 0.25) is 10.0 Å². The van der Waals surface area contributed by atoms with E-state index in [0.29, 0.717) is 22.4 Å². The molecule has 1 amide bonds. The maximum Gasteiger partial charge on any atom is 0.267 e. The molecule has 1 N–H and O–H groups in total. The van der Waals surface area contributed by atoms with Crippen molar-refractivity contribution in [2.24, 2.45) is 5.41 Å². The van der Waals surface area contributed by atoms with E-state index in [1.165, 1.54) is 6.07 Å². The first-order valence-electron chi connectivity index (χ1n) is 13.1. The van der Waals surface area contributed by atoms with E-state index in [9.17, 15) is 13.2 Å². The Bertz CT molecular complexity index is 1540. The third-order valence-corrected chi connectivity index (χ3v) is 8.42. The molecule has 0 radical (unpaired) electrons. The van der Waals surface area contributed by atoms with E-state index in [1.807, 2.05) is 35.1 Å². The van der Waals surface area contributed by atoms with Crippen LogP contribution in [-0.4, -0.2) is 45.2 Å². The second-order valence-corrected chi connectivity index (χ2v) is 13.9. The summed E-state index contributed by atoms with van der Waals surface area (Å²) < 4.78 is 46.6. The number of hydrogen-bond donors (Lipinski definition) is 1. The van der Waals surface area contributed by atoms with Gasteiger partial charge in [-0.05, 0) is 66.6 Å². The van der Waals surface area contributed by atoms with Crippen LogP contribution in [-0.2, 0) is 10.0 Å². The number of nitrogens with zero attached hydrogens (tertiary/aromatic N) is 1. The van der Waals surface area contributed by atoms with Crippen molar-refractivity contribution in [1.82, 2.24) is 9.62 Å². The van der Waals surface area contributed by atoms with Gasteiger partial charge in [-0.15, -0.1) is 0 Å². The number of carbonyl (C=O) groups is 1. The Morgan fingerprint density at radius 2 is 1.73 bits per heavy atom. The van der Waals surface area contributed by atoms with Gasteiger partial charge in [0.05, 0.1) is 24.5 Å².